The van der Waals surface area contributed by atoms with Crippen molar-refractivity contribution in [2.75, 3.05) is 18.5 Å². The molecule has 2 aromatic heterocycles. The zero-order valence-corrected chi connectivity index (χ0v) is 14.0. The minimum atomic E-state index is -0.104. The fourth-order valence-corrected chi connectivity index (χ4v) is 2.97. The van der Waals surface area contributed by atoms with Crippen molar-refractivity contribution in [2.24, 2.45) is 0 Å². The zero-order valence-electron chi connectivity index (χ0n) is 14.0. The van der Waals surface area contributed by atoms with Gasteiger partial charge in [-0.1, -0.05) is 12.8 Å². The normalized spacial score (nSPS) is 14.5. The number of nitrogens with zero attached hydrogens (tertiary/aromatic N) is 4. The van der Waals surface area contributed by atoms with Gasteiger partial charge in [-0.25, -0.2) is 9.97 Å². The van der Waals surface area contributed by atoms with E-state index in [1.54, 1.807) is 18.5 Å². The third-order valence-corrected chi connectivity index (χ3v) is 4.45. The molecular weight excluding hydrogens is 302 g/mol. The van der Waals surface area contributed by atoms with E-state index in [-0.39, 0.29) is 5.91 Å². The molecule has 0 atom stereocenters. The summed E-state index contributed by atoms with van der Waals surface area (Å²) in [6, 6.07) is 6.07. The monoisotopic (exact) mass is 325 g/mol. The van der Waals surface area contributed by atoms with Gasteiger partial charge in [0.25, 0.3) is 5.91 Å². The van der Waals surface area contributed by atoms with Crippen molar-refractivity contribution in [3.63, 3.8) is 0 Å². The first-order valence-corrected chi connectivity index (χ1v) is 8.45. The zero-order chi connectivity index (χ0) is 16.8. The molecule has 1 saturated carbocycles. The maximum atomic E-state index is 12.3. The highest BCUT2D eigenvalue weighted by Crippen LogP contribution is 2.18. The summed E-state index contributed by atoms with van der Waals surface area (Å²) in [5.41, 5.74) is 1.66. The van der Waals surface area contributed by atoms with Crippen LogP contribution in [0.25, 0.3) is 0 Å². The summed E-state index contributed by atoms with van der Waals surface area (Å²) in [5.74, 6) is 0.656. The number of anilines is 1. The Morgan fingerprint density at radius 1 is 1.25 bits per heavy atom. The second-order valence-corrected chi connectivity index (χ2v) is 6.24. The third kappa shape index (κ3) is 4.28. The van der Waals surface area contributed by atoms with Crippen LogP contribution >= 0.6 is 0 Å². The van der Waals surface area contributed by atoms with Crippen LogP contribution in [0.5, 0.6) is 0 Å². The summed E-state index contributed by atoms with van der Waals surface area (Å²) in [4.78, 5) is 26.8. The van der Waals surface area contributed by atoms with Crippen molar-refractivity contribution >= 4 is 11.7 Å². The average molecular weight is 325 g/mol. The van der Waals surface area contributed by atoms with E-state index in [9.17, 15) is 4.79 Å². The van der Waals surface area contributed by atoms with Crippen LogP contribution in [0, 0.1) is 0 Å². The molecule has 1 amide bonds. The highest BCUT2D eigenvalue weighted by molar-refractivity contribution is 5.93. The van der Waals surface area contributed by atoms with E-state index < -0.39 is 0 Å². The smallest absolute Gasteiger partial charge is 0.270 e. The Labute approximate surface area is 142 Å². The summed E-state index contributed by atoms with van der Waals surface area (Å²) < 4.78 is 0. The quantitative estimate of drug-likeness (QED) is 0.882. The van der Waals surface area contributed by atoms with Gasteiger partial charge in [0.05, 0.1) is 0 Å². The molecule has 1 aliphatic carbocycles. The Bertz CT molecular complexity index is 670. The van der Waals surface area contributed by atoms with Gasteiger partial charge in [0.2, 0.25) is 0 Å². The number of hydrogen-bond acceptors (Lipinski definition) is 5. The highest BCUT2D eigenvalue weighted by Gasteiger charge is 2.19. The van der Waals surface area contributed by atoms with Crippen molar-refractivity contribution in [1.29, 1.82) is 0 Å². The summed E-state index contributed by atoms with van der Waals surface area (Å²) in [6.07, 6.45) is 10.5. The van der Waals surface area contributed by atoms with E-state index in [0.29, 0.717) is 11.7 Å². The maximum absolute atomic E-state index is 12.3. The van der Waals surface area contributed by atoms with Gasteiger partial charge in [-0.05, 0) is 37.0 Å². The number of carbonyl (C=O) groups excluding carboxylic acids is 1. The molecule has 2 heterocycles. The lowest BCUT2D eigenvalue weighted by Crippen LogP contribution is -2.33. The summed E-state index contributed by atoms with van der Waals surface area (Å²) in [5, 5.41) is 3.06. The molecule has 0 bridgehead atoms. The average Bonchev–Trinajstić information content (AvgIpc) is 3.13. The van der Waals surface area contributed by atoms with Crippen LogP contribution in [0.15, 0.2) is 36.9 Å². The number of aromatic nitrogens is 3. The van der Waals surface area contributed by atoms with Crippen LogP contribution in [0.1, 0.15) is 41.7 Å². The predicted molar refractivity (Wildman–Crippen MR) is 93.0 cm³/mol. The standard InChI is InChI=1S/C18H23N5O/c1-23(11-8-14-6-9-19-10-7-14)17-12-16(20-13-21-17)18(24)22-15-4-2-3-5-15/h6-7,9-10,12-13,15H,2-5,8,11H2,1H3,(H,22,24). The molecule has 0 aromatic carbocycles. The third-order valence-electron chi connectivity index (χ3n) is 4.45. The molecule has 1 fully saturated rings. The lowest BCUT2D eigenvalue weighted by molar-refractivity contribution is 0.0932. The number of rotatable bonds is 6. The number of hydrogen-bond donors (Lipinski definition) is 1. The van der Waals surface area contributed by atoms with Gasteiger partial charge in [-0.15, -0.1) is 0 Å². The molecule has 0 saturated heterocycles. The SMILES string of the molecule is CN(CCc1ccncc1)c1cc(C(=O)NC2CCCC2)ncn1. The Morgan fingerprint density at radius 3 is 2.75 bits per heavy atom. The van der Waals surface area contributed by atoms with Gasteiger partial charge >= 0.3 is 0 Å². The Kier molecular flexibility index (Phi) is 5.36. The molecule has 1 aliphatic rings. The molecule has 24 heavy (non-hydrogen) atoms. The van der Waals surface area contributed by atoms with Gasteiger partial charge in [-0.3, -0.25) is 9.78 Å². The van der Waals surface area contributed by atoms with Crippen LogP contribution in [-0.2, 0) is 6.42 Å². The number of pyridine rings is 1. The van der Waals surface area contributed by atoms with Gasteiger partial charge < -0.3 is 10.2 Å². The number of likely N-dealkylation sites (N-methyl/N-ethyl adjacent to an activating group) is 1. The van der Waals surface area contributed by atoms with Crippen LogP contribution in [0.3, 0.4) is 0 Å². The van der Waals surface area contributed by atoms with Crippen LogP contribution in [0.4, 0.5) is 5.82 Å². The number of nitrogens with one attached hydrogen (secondary N) is 1. The van der Waals surface area contributed by atoms with Crippen molar-refractivity contribution < 1.29 is 4.79 Å². The van der Waals surface area contributed by atoms with E-state index in [0.717, 1.165) is 31.6 Å². The Hall–Kier alpha value is -2.50. The Morgan fingerprint density at radius 2 is 2.00 bits per heavy atom. The molecule has 6 nitrogen and oxygen atoms in total. The molecule has 1 N–H and O–H groups in total. The first-order valence-electron chi connectivity index (χ1n) is 8.45. The number of amides is 1. The topological polar surface area (TPSA) is 71.0 Å². The minimum absolute atomic E-state index is 0.104. The Balaban J connectivity index is 1.60. The predicted octanol–water partition coefficient (Wildman–Crippen LogP) is 2.22. The van der Waals surface area contributed by atoms with Crippen LogP contribution < -0.4 is 10.2 Å². The molecule has 2 aromatic rings. The second-order valence-electron chi connectivity index (χ2n) is 6.24. The van der Waals surface area contributed by atoms with E-state index in [4.69, 9.17) is 0 Å². The van der Waals surface area contributed by atoms with Crippen LogP contribution in [-0.4, -0.2) is 40.5 Å². The molecule has 0 aliphatic heterocycles. The minimum Gasteiger partial charge on any atom is -0.359 e. The fraction of sp³-hybridized carbons (Fsp3) is 0.444. The van der Waals surface area contributed by atoms with E-state index >= 15 is 0 Å². The summed E-state index contributed by atoms with van der Waals surface area (Å²) >= 11 is 0. The molecule has 6 heteroatoms. The van der Waals surface area contributed by atoms with Crippen molar-refractivity contribution in [3.05, 3.63) is 48.2 Å². The molecule has 0 radical (unpaired) electrons. The van der Waals surface area contributed by atoms with Gasteiger partial charge in [-0.2, -0.15) is 0 Å². The lowest BCUT2D eigenvalue weighted by Gasteiger charge is -2.18. The summed E-state index contributed by atoms with van der Waals surface area (Å²) in [6.45, 7) is 0.810. The maximum Gasteiger partial charge on any atom is 0.270 e. The van der Waals surface area contributed by atoms with Gasteiger partial charge in [0.15, 0.2) is 0 Å². The molecule has 3 rings (SSSR count). The van der Waals surface area contributed by atoms with Gasteiger partial charge in [0.1, 0.15) is 17.8 Å². The van der Waals surface area contributed by atoms with Crippen molar-refractivity contribution in [1.82, 2.24) is 20.3 Å². The van der Waals surface area contributed by atoms with E-state index in [1.807, 2.05) is 24.1 Å². The lowest BCUT2D eigenvalue weighted by atomic mass is 10.2. The highest BCUT2D eigenvalue weighted by atomic mass is 16.1. The molecule has 0 spiro atoms. The molecule has 0 unspecified atom stereocenters. The molecule has 126 valence electrons. The molecular formula is C18H23N5O. The van der Waals surface area contributed by atoms with Crippen LogP contribution in [0.2, 0.25) is 0 Å². The van der Waals surface area contributed by atoms with Crippen molar-refractivity contribution in [2.45, 2.75) is 38.1 Å². The summed E-state index contributed by atoms with van der Waals surface area (Å²) in [7, 11) is 1.97. The van der Waals surface area contributed by atoms with E-state index in [2.05, 4.69) is 20.3 Å². The number of carbonyl (C=O) groups is 1. The largest absolute Gasteiger partial charge is 0.359 e. The van der Waals surface area contributed by atoms with E-state index in [1.165, 1.54) is 24.7 Å². The fourth-order valence-electron chi connectivity index (χ4n) is 2.97. The van der Waals surface area contributed by atoms with Gasteiger partial charge in [0, 0.05) is 38.1 Å². The first kappa shape index (κ1) is 16.4. The second kappa shape index (κ2) is 7.86. The van der Waals surface area contributed by atoms with Crippen molar-refractivity contribution in [3.8, 4) is 0 Å². The first-order chi connectivity index (χ1) is 11.7.